The van der Waals surface area contributed by atoms with Crippen molar-refractivity contribution in [2.75, 3.05) is 26.3 Å². The first-order chi connectivity index (χ1) is 13.5. The number of nitrogens with one attached hydrogen (secondary N) is 3. The molecule has 3 aliphatic rings. The van der Waals surface area contributed by atoms with Crippen molar-refractivity contribution in [1.82, 2.24) is 20.9 Å². The van der Waals surface area contributed by atoms with Crippen LogP contribution in [0.1, 0.15) is 40.7 Å². The molecule has 0 aromatic heterocycles. The lowest BCUT2D eigenvalue weighted by Gasteiger charge is -2.29. The van der Waals surface area contributed by atoms with E-state index in [4.69, 9.17) is 0 Å². The van der Waals surface area contributed by atoms with E-state index in [0.717, 1.165) is 24.1 Å². The third-order valence-corrected chi connectivity index (χ3v) is 6.03. The Hall–Kier alpha value is -2.32. The smallest absolute Gasteiger partial charge is 0.255 e. The van der Waals surface area contributed by atoms with Crippen LogP contribution in [-0.4, -0.2) is 55.0 Å². The van der Waals surface area contributed by atoms with Crippen molar-refractivity contribution in [3.8, 4) is 0 Å². The summed E-state index contributed by atoms with van der Waals surface area (Å²) in [6.45, 7) is 2.77. The molecule has 8 heteroatoms. The maximum atomic E-state index is 13.4. The summed E-state index contributed by atoms with van der Waals surface area (Å²) in [6, 6.07) is 5.06. The van der Waals surface area contributed by atoms with E-state index in [0.29, 0.717) is 38.2 Å². The van der Waals surface area contributed by atoms with E-state index in [1.807, 2.05) is 12.1 Å². The fraction of sp³-hybridized carbons (Fsp3) is 0.550. The average Bonchev–Trinajstić information content (AvgIpc) is 3.27. The van der Waals surface area contributed by atoms with E-state index >= 15 is 0 Å². The van der Waals surface area contributed by atoms with E-state index in [-0.39, 0.29) is 30.3 Å². The molecular weight excluding hydrogens is 363 g/mol. The van der Waals surface area contributed by atoms with E-state index in [2.05, 4.69) is 16.0 Å². The molecule has 2 atom stereocenters. The van der Waals surface area contributed by atoms with Gasteiger partial charge in [0, 0.05) is 43.6 Å². The van der Waals surface area contributed by atoms with Gasteiger partial charge in [0.25, 0.3) is 5.91 Å². The van der Waals surface area contributed by atoms with E-state index in [9.17, 15) is 18.8 Å². The number of amides is 3. The number of carbonyl (C=O) groups is 3. The van der Waals surface area contributed by atoms with Crippen LogP contribution in [0.15, 0.2) is 18.2 Å². The lowest BCUT2D eigenvalue weighted by molar-refractivity contribution is -0.136. The van der Waals surface area contributed by atoms with Crippen molar-refractivity contribution >= 4 is 17.7 Å². The van der Waals surface area contributed by atoms with Crippen LogP contribution < -0.4 is 16.0 Å². The van der Waals surface area contributed by atoms with Gasteiger partial charge in [-0.25, -0.2) is 0 Å². The van der Waals surface area contributed by atoms with Gasteiger partial charge in [-0.3, -0.25) is 24.1 Å². The second-order valence-electron chi connectivity index (χ2n) is 8.06. The molecule has 3 heterocycles. The number of carbonyl (C=O) groups excluding carboxylic acids is 3. The minimum absolute atomic E-state index is 0.169. The van der Waals surface area contributed by atoms with E-state index < -0.39 is 11.9 Å². The summed E-state index contributed by atoms with van der Waals surface area (Å²) in [7, 11) is 0. The van der Waals surface area contributed by atoms with Crippen molar-refractivity contribution in [3.63, 3.8) is 0 Å². The Bertz CT molecular complexity index is 807. The van der Waals surface area contributed by atoms with Gasteiger partial charge in [0.05, 0.1) is 6.67 Å². The van der Waals surface area contributed by atoms with Crippen LogP contribution >= 0.6 is 0 Å². The van der Waals surface area contributed by atoms with Crippen LogP contribution in [0.5, 0.6) is 0 Å². The molecule has 3 N–H and O–H groups in total. The van der Waals surface area contributed by atoms with Crippen LogP contribution in [0.3, 0.4) is 0 Å². The van der Waals surface area contributed by atoms with Crippen molar-refractivity contribution in [1.29, 1.82) is 0 Å². The Morgan fingerprint density at radius 1 is 1.29 bits per heavy atom. The van der Waals surface area contributed by atoms with E-state index in [1.54, 1.807) is 11.0 Å². The largest absolute Gasteiger partial charge is 0.322 e. The minimum atomic E-state index is -0.599. The number of nitrogens with zero attached hydrogens (tertiary/aromatic N) is 1. The van der Waals surface area contributed by atoms with Gasteiger partial charge in [0.15, 0.2) is 0 Å². The monoisotopic (exact) mass is 388 g/mol. The first kappa shape index (κ1) is 19.0. The molecule has 4 rings (SSSR count). The van der Waals surface area contributed by atoms with E-state index in [1.165, 1.54) is 0 Å². The molecule has 7 nitrogen and oxygen atoms in total. The summed E-state index contributed by atoms with van der Waals surface area (Å²) in [5.41, 5.74) is 2.19. The van der Waals surface area contributed by atoms with Gasteiger partial charge in [-0.05, 0) is 36.6 Å². The van der Waals surface area contributed by atoms with Crippen LogP contribution in [-0.2, 0) is 22.7 Å². The second-order valence-corrected chi connectivity index (χ2v) is 8.06. The molecule has 2 fully saturated rings. The highest BCUT2D eigenvalue weighted by Gasteiger charge is 2.39. The molecule has 1 aromatic carbocycles. The summed E-state index contributed by atoms with van der Waals surface area (Å²) < 4.78 is 13.4. The highest BCUT2D eigenvalue weighted by atomic mass is 19.1. The summed E-state index contributed by atoms with van der Waals surface area (Å²) in [5, 5.41) is 8.87. The Balaban J connectivity index is 1.39. The standard InChI is InChI=1S/C20H25FN4O3/c21-10-20(5-6-22-11-20)12-23-8-13-1-2-15-14(7-13)9-25(19(15)28)16-3-4-17(26)24-18(16)27/h1-2,7,16,22-23H,3-6,8-12H2,(H,24,26,27). The molecule has 150 valence electrons. The number of benzene rings is 1. The molecular formula is C20H25FN4O3. The maximum Gasteiger partial charge on any atom is 0.255 e. The number of halogens is 1. The third-order valence-electron chi connectivity index (χ3n) is 6.03. The first-order valence-electron chi connectivity index (χ1n) is 9.75. The van der Waals surface area contributed by atoms with Gasteiger partial charge in [0.2, 0.25) is 11.8 Å². The van der Waals surface area contributed by atoms with Gasteiger partial charge in [-0.15, -0.1) is 0 Å². The predicted octanol–water partition coefficient (Wildman–Crippen LogP) is 0.486. The van der Waals surface area contributed by atoms with Crippen LogP contribution in [0, 0.1) is 5.41 Å². The van der Waals surface area contributed by atoms with Crippen LogP contribution in [0.2, 0.25) is 0 Å². The Morgan fingerprint density at radius 2 is 2.14 bits per heavy atom. The van der Waals surface area contributed by atoms with Gasteiger partial charge >= 0.3 is 0 Å². The van der Waals surface area contributed by atoms with Gasteiger partial charge in [0.1, 0.15) is 6.04 Å². The van der Waals surface area contributed by atoms with Crippen molar-refractivity contribution in [2.24, 2.45) is 5.41 Å². The molecule has 28 heavy (non-hydrogen) atoms. The van der Waals surface area contributed by atoms with Crippen molar-refractivity contribution in [3.05, 3.63) is 34.9 Å². The second kappa shape index (κ2) is 7.60. The fourth-order valence-electron chi connectivity index (χ4n) is 4.32. The minimum Gasteiger partial charge on any atom is -0.322 e. The summed E-state index contributed by atoms with van der Waals surface area (Å²) in [5.74, 6) is -0.860. The first-order valence-corrected chi connectivity index (χ1v) is 9.75. The molecule has 2 unspecified atom stereocenters. The zero-order valence-corrected chi connectivity index (χ0v) is 15.7. The van der Waals surface area contributed by atoms with Gasteiger partial charge in [-0.2, -0.15) is 0 Å². The zero-order valence-electron chi connectivity index (χ0n) is 15.7. The fourth-order valence-corrected chi connectivity index (χ4v) is 4.32. The lowest BCUT2D eigenvalue weighted by Crippen LogP contribution is -2.52. The molecule has 1 aromatic rings. The SMILES string of the molecule is O=C1CCC(N2Cc3cc(CNCC4(CF)CCNC4)ccc3C2=O)C(=O)N1. The van der Waals surface area contributed by atoms with Gasteiger partial charge in [-0.1, -0.05) is 12.1 Å². The van der Waals surface area contributed by atoms with Crippen LogP contribution in [0.4, 0.5) is 4.39 Å². The number of rotatable bonds is 6. The maximum absolute atomic E-state index is 13.4. The highest BCUT2D eigenvalue weighted by Crippen LogP contribution is 2.29. The Morgan fingerprint density at radius 3 is 2.86 bits per heavy atom. The average molecular weight is 388 g/mol. The number of imide groups is 1. The number of alkyl halides is 1. The number of fused-ring (bicyclic) bond motifs is 1. The van der Waals surface area contributed by atoms with Gasteiger partial charge < -0.3 is 15.5 Å². The molecule has 0 spiro atoms. The summed E-state index contributed by atoms with van der Waals surface area (Å²) >= 11 is 0. The molecule has 0 radical (unpaired) electrons. The molecule has 3 amide bonds. The zero-order chi connectivity index (χ0) is 19.7. The number of hydrogen-bond donors (Lipinski definition) is 3. The van der Waals surface area contributed by atoms with Crippen molar-refractivity contribution < 1.29 is 18.8 Å². The molecule has 3 aliphatic heterocycles. The summed E-state index contributed by atoms with van der Waals surface area (Å²) in [4.78, 5) is 37.7. The normalized spacial score (nSPS) is 27.2. The Kier molecular flexibility index (Phi) is 5.16. The lowest BCUT2D eigenvalue weighted by atomic mass is 9.89. The highest BCUT2D eigenvalue weighted by molar-refractivity contribution is 6.05. The molecule has 0 saturated carbocycles. The molecule has 0 bridgehead atoms. The molecule has 0 aliphatic carbocycles. The predicted molar refractivity (Wildman–Crippen MR) is 100 cm³/mol. The van der Waals surface area contributed by atoms with Crippen LogP contribution in [0.25, 0.3) is 0 Å². The third kappa shape index (κ3) is 3.54. The number of piperidine rings is 1. The van der Waals surface area contributed by atoms with Crippen molar-refractivity contribution in [2.45, 2.75) is 38.4 Å². The number of hydrogen-bond acceptors (Lipinski definition) is 5. The Labute approximate surface area is 163 Å². The molecule has 2 saturated heterocycles. The quantitative estimate of drug-likeness (QED) is 0.617. The summed E-state index contributed by atoms with van der Waals surface area (Å²) in [6.07, 6.45) is 1.44. The topological polar surface area (TPSA) is 90.5 Å².